The van der Waals surface area contributed by atoms with E-state index in [0.717, 1.165) is 45.4 Å². The summed E-state index contributed by atoms with van der Waals surface area (Å²) >= 11 is 0. The Morgan fingerprint density at radius 2 is 1.57 bits per heavy atom. The Hall–Kier alpha value is -1.59. The van der Waals surface area contributed by atoms with Crippen molar-refractivity contribution in [3.05, 3.63) is 71.3 Å². The molecule has 1 N–H and O–H groups in total. The first-order valence-electron chi connectivity index (χ1n) is 10.4. The maximum atomic E-state index is 13.3. The van der Waals surface area contributed by atoms with E-state index in [4.69, 9.17) is 0 Å². The van der Waals surface area contributed by atoms with E-state index in [1.54, 1.807) is 0 Å². The quantitative estimate of drug-likeness (QED) is 0.771. The smallest absolute Gasteiger partial charge is 0.227 e. The second-order valence-corrected chi connectivity index (χ2v) is 8.42. The van der Waals surface area contributed by atoms with Gasteiger partial charge in [0, 0.05) is 31.7 Å². The van der Waals surface area contributed by atoms with E-state index in [2.05, 4.69) is 83.8 Å². The molecular formula is C24H33Cl2N3O. The number of hydrogen-bond donors (Lipinski definition) is 1. The van der Waals surface area contributed by atoms with E-state index >= 15 is 0 Å². The molecule has 2 aliphatic heterocycles. The zero-order valence-electron chi connectivity index (χ0n) is 17.8. The van der Waals surface area contributed by atoms with Crippen LogP contribution in [0.2, 0.25) is 0 Å². The zero-order chi connectivity index (χ0) is 19.6. The van der Waals surface area contributed by atoms with E-state index in [1.165, 1.54) is 16.7 Å². The molecule has 1 atom stereocenters. The summed E-state index contributed by atoms with van der Waals surface area (Å²) in [5, 5.41) is 3.48. The molecule has 1 fully saturated rings. The number of carbonyl (C=O) groups is 1. The van der Waals surface area contributed by atoms with Crippen LogP contribution in [0.3, 0.4) is 0 Å². The summed E-state index contributed by atoms with van der Waals surface area (Å²) in [6, 6.07) is 19.3. The van der Waals surface area contributed by atoms with Crippen LogP contribution in [-0.4, -0.2) is 49.4 Å². The van der Waals surface area contributed by atoms with Crippen molar-refractivity contribution in [2.24, 2.45) is 5.92 Å². The molecule has 1 saturated heterocycles. The summed E-state index contributed by atoms with van der Waals surface area (Å²) in [5.74, 6) is 0.344. The highest BCUT2D eigenvalue weighted by atomic mass is 35.5. The van der Waals surface area contributed by atoms with E-state index in [1.807, 2.05) is 0 Å². The third-order valence-corrected chi connectivity index (χ3v) is 6.71. The van der Waals surface area contributed by atoms with Crippen molar-refractivity contribution in [1.82, 2.24) is 15.1 Å². The van der Waals surface area contributed by atoms with Crippen molar-refractivity contribution >= 4 is 30.7 Å². The maximum Gasteiger partial charge on any atom is 0.227 e. The minimum Gasteiger partial charge on any atom is -0.342 e. The third-order valence-electron chi connectivity index (χ3n) is 6.71. The molecule has 0 bridgehead atoms. The molecular weight excluding hydrogens is 417 g/mol. The minimum absolute atomic E-state index is 0. The average Bonchev–Trinajstić information content (AvgIpc) is 2.96. The molecule has 1 amide bonds. The van der Waals surface area contributed by atoms with Gasteiger partial charge in [-0.05, 0) is 50.0 Å². The molecule has 0 radical (unpaired) electrons. The number of benzene rings is 2. The van der Waals surface area contributed by atoms with Gasteiger partial charge >= 0.3 is 0 Å². The molecule has 0 aliphatic carbocycles. The van der Waals surface area contributed by atoms with Crippen molar-refractivity contribution in [2.45, 2.75) is 31.3 Å². The van der Waals surface area contributed by atoms with Crippen LogP contribution in [0.25, 0.3) is 0 Å². The number of piperidine rings is 1. The van der Waals surface area contributed by atoms with Crippen molar-refractivity contribution in [3.8, 4) is 0 Å². The second-order valence-electron chi connectivity index (χ2n) is 8.42. The fourth-order valence-corrected chi connectivity index (χ4v) is 4.92. The van der Waals surface area contributed by atoms with Crippen LogP contribution < -0.4 is 5.32 Å². The van der Waals surface area contributed by atoms with Gasteiger partial charge in [0.25, 0.3) is 0 Å². The van der Waals surface area contributed by atoms with Crippen LogP contribution in [0.4, 0.5) is 0 Å². The molecule has 1 unspecified atom stereocenters. The highest BCUT2D eigenvalue weighted by molar-refractivity contribution is 5.85. The lowest BCUT2D eigenvalue weighted by Gasteiger charge is -2.47. The Morgan fingerprint density at radius 1 is 0.967 bits per heavy atom. The molecule has 164 valence electrons. The van der Waals surface area contributed by atoms with Crippen LogP contribution in [-0.2, 0) is 23.3 Å². The standard InChI is InChI=1S/C24H31N3O.2ClH/c1-26(2)24(22-10-4-3-5-11-22)12-14-27(15-13-24)23(28)21-16-19-8-6-7-9-20(19)17-25-18-21;;/h3-11,21,25H,12-18H2,1-2H3;2*1H. The van der Waals surface area contributed by atoms with Gasteiger partial charge in [-0.25, -0.2) is 0 Å². The first-order valence-corrected chi connectivity index (χ1v) is 10.4. The van der Waals surface area contributed by atoms with E-state index in [9.17, 15) is 4.79 Å². The molecule has 0 aromatic heterocycles. The minimum atomic E-state index is 0. The number of halogens is 2. The Balaban J connectivity index is 0.00000160. The first kappa shape index (κ1) is 24.7. The molecule has 0 spiro atoms. The number of carbonyl (C=O) groups excluding carboxylic acids is 1. The fraction of sp³-hybridized carbons (Fsp3) is 0.458. The Bertz CT molecular complexity index is 820. The highest BCUT2D eigenvalue weighted by Crippen LogP contribution is 2.37. The number of rotatable bonds is 3. The van der Waals surface area contributed by atoms with Gasteiger partial charge in [-0.15, -0.1) is 24.8 Å². The maximum absolute atomic E-state index is 13.3. The van der Waals surface area contributed by atoms with Gasteiger partial charge in [-0.1, -0.05) is 54.6 Å². The molecule has 2 aliphatic rings. The molecule has 30 heavy (non-hydrogen) atoms. The summed E-state index contributed by atoms with van der Waals surface area (Å²) in [6.45, 7) is 3.27. The molecule has 2 aromatic rings. The number of nitrogens with one attached hydrogen (secondary N) is 1. The molecule has 0 saturated carbocycles. The predicted molar refractivity (Wildman–Crippen MR) is 127 cm³/mol. The normalized spacial score (nSPS) is 20.4. The van der Waals surface area contributed by atoms with Gasteiger partial charge < -0.3 is 10.2 Å². The molecule has 2 heterocycles. The van der Waals surface area contributed by atoms with Crippen LogP contribution >= 0.6 is 24.8 Å². The highest BCUT2D eigenvalue weighted by Gasteiger charge is 2.40. The summed E-state index contributed by atoms with van der Waals surface area (Å²) in [4.78, 5) is 17.7. The van der Waals surface area contributed by atoms with E-state index in [0.29, 0.717) is 5.91 Å². The predicted octanol–water partition coefficient (Wildman–Crippen LogP) is 3.87. The Labute approximate surface area is 192 Å². The SMILES string of the molecule is CN(C)C1(c2ccccc2)CCN(C(=O)C2CNCc3ccccc3C2)CC1.Cl.Cl. The largest absolute Gasteiger partial charge is 0.342 e. The fourth-order valence-electron chi connectivity index (χ4n) is 4.92. The lowest BCUT2D eigenvalue weighted by Crippen LogP contribution is -2.53. The average molecular weight is 450 g/mol. The van der Waals surface area contributed by atoms with Gasteiger partial charge in [-0.2, -0.15) is 0 Å². The number of likely N-dealkylation sites (tertiary alicyclic amines) is 1. The number of amides is 1. The zero-order valence-corrected chi connectivity index (χ0v) is 19.5. The van der Waals surface area contributed by atoms with E-state index in [-0.39, 0.29) is 36.3 Å². The number of fused-ring (bicyclic) bond motifs is 1. The van der Waals surface area contributed by atoms with Gasteiger partial charge in [0.2, 0.25) is 5.91 Å². The Kier molecular flexibility index (Phi) is 8.74. The molecule has 6 heteroatoms. The van der Waals surface area contributed by atoms with Crippen molar-refractivity contribution in [2.75, 3.05) is 33.7 Å². The lowest BCUT2D eigenvalue weighted by molar-refractivity contribution is -0.138. The van der Waals surface area contributed by atoms with Crippen LogP contribution in [0, 0.1) is 5.92 Å². The van der Waals surface area contributed by atoms with Gasteiger partial charge in [0.05, 0.1) is 5.92 Å². The molecule has 4 nitrogen and oxygen atoms in total. The summed E-state index contributed by atoms with van der Waals surface area (Å²) < 4.78 is 0. The summed E-state index contributed by atoms with van der Waals surface area (Å²) in [5.41, 5.74) is 4.02. The van der Waals surface area contributed by atoms with Gasteiger partial charge in [0.15, 0.2) is 0 Å². The van der Waals surface area contributed by atoms with Crippen molar-refractivity contribution < 1.29 is 4.79 Å². The van der Waals surface area contributed by atoms with Crippen LogP contribution in [0.5, 0.6) is 0 Å². The van der Waals surface area contributed by atoms with E-state index < -0.39 is 0 Å². The summed E-state index contributed by atoms with van der Waals surface area (Å²) in [6.07, 6.45) is 2.80. The van der Waals surface area contributed by atoms with Crippen LogP contribution in [0.1, 0.15) is 29.5 Å². The first-order chi connectivity index (χ1) is 13.6. The van der Waals surface area contributed by atoms with Gasteiger partial charge in [-0.3, -0.25) is 9.69 Å². The summed E-state index contributed by atoms with van der Waals surface area (Å²) in [7, 11) is 4.33. The van der Waals surface area contributed by atoms with Crippen molar-refractivity contribution in [1.29, 1.82) is 0 Å². The van der Waals surface area contributed by atoms with Gasteiger partial charge in [0.1, 0.15) is 0 Å². The Morgan fingerprint density at radius 3 is 2.20 bits per heavy atom. The second kappa shape index (κ2) is 10.6. The molecule has 2 aromatic carbocycles. The molecule has 4 rings (SSSR count). The van der Waals surface area contributed by atoms with Crippen molar-refractivity contribution in [3.63, 3.8) is 0 Å². The number of hydrogen-bond acceptors (Lipinski definition) is 3. The lowest BCUT2D eigenvalue weighted by atomic mass is 9.79. The monoisotopic (exact) mass is 449 g/mol. The topological polar surface area (TPSA) is 35.6 Å². The third kappa shape index (κ3) is 4.83. The van der Waals surface area contributed by atoms with Crippen LogP contribution in [0.15, 0.2) is 54.6 Å². The number of nitrogens with zero attached hydrogens (tertiary/aromatic N) is 2.